The Morgan fingerprint density at radius 3 is 2.25 bits per heavy atom. The van der Waals surface area contributed by atoms with Gasteiger partial charge in [0.1, 0.15) is 11.5 Å². The second kappa shape index (κ2) is 9.53. The third-order valence-corrected chi connectivity index (χ3v) is 5.83. The lowest BCUT2D eigenvalue weighted by Crippen LogP contribution is -1.97. The Labute approximate surface area is 191 Å². The Kier molecular flexibility index (Phi) is 6.55. The molecule has 1 aliphatic rings. The van der Waals surface area contributed by atoms with Gasteiger partial charge in [-0.2, -0.15) is 4.99 Å². The molecule has 0 bridgehead atoms. The van der Waals surface area contributed by atoms with Crippen molar-refractivity contribution in [1.29, 1.82) is 0 Å². The Bertz CT molecular complexity index is 1270. The van der Waals surface area contributed by atoms with Crippen LogP contribution in [0, 0.1) is 35.2 Å². The summed E-state index contributed by atoms with van der Waals surface area (Å²) in [6.45, 7) is 2.21. The highest BCUT2D eigenvalue weighted by atomic mass is 32.1. The maximum atomic E-state index is 14.7. The van der Waals surface area contributed by atoms with Crippen LogP contribution in [-0.4, -0.2) is 5.16 Å². The second-order valence-electron chi connectivity index (χ2n) is 7.98. The Morgan fingerprint density at radius 2 is 1.56 bits per heavy atom. The average Bonchev–Trinajstić information content (AvgIpc) is 3.17. The Hall–Kier alpha value is -3.19. The van der Waals surface area contributed by atoms with Gasteiger partial charge in [0.25, 0.3) is 0 Å². The molecular formula is C27H20F3NS. The van der Waals surface area contributed by atoms with Gasteiger partial charge in [-0.1, -0.05) is 55.9 Å². The van der Waals surface area contributed by atoms with Crippen LogP contribution in [-0.2, 0) is 12.8 Å². The van der Waals surface area contributed by atoms with Gasteiger partial charge >= 0.3 is 0 Å². The van der Waals surface area contributed by atoms with E-state index in [4.69, 9.17) is 0 Å². The molecule has 3 aromatic rings. The van der Waals surface area contributed by atoms with Gasteiger partial charge in [-0.05, 0) is 77.5 Å². The summed E-state index contributed by atoms with van der Waals surface area (Å²) >= 11 is 4.38. The zero-order valence-electron chi connectivity index (χ0n) is 17.5. The van der Waals surface area contributed by atoms with Crippen LogP contribution in [0.4, 0.5) is 18.9 Å². The molecule has 0 fully saturated rings. The van der Waals surface area contributed by atoms with E-state index in [2.05, 4.69) is 48.1 Å². The number of hydrogen-bond donors (Lipinski definition) is 0. The van der Waals surface area contributed by atoms with Crippen molar-refractivity contribution in [3.05, 3.63) is 88.2 Å². The molecule has 32 heavy (non-hydrogen) atoms. The molecule has 1 nitrogen and oxygen atoms in total. The molecule has 4 rings (SSSR count). The SMILES string of the molecule is CCCC1Cc2ccc(-c3ccc(C#Cc4cc(F)c(N=C=S)c(F)c4)c(F)c3)cc2C1. The predicted octanol–water partition coefficient (Wildman–Crippen LogP) is 7.42. The number of aliphatic imine (C=N–C) groups is 1. The fourth-order valence-electron chi connectivity index (χ4n) is 4.23. The normalized spacial score (nSPS) is 14.3. The van der Waals surface area contributed by atoms with Gasteiger partial charge in [0, 0.05) is 5.56 Å². The van der Waals surface area contributed by atoms with Crippen molar-refractivity contribution >= 4 is 23.1 Å². The van der Waals surface area contributed by atoms with E-state index in [0.29, 0.717) is 5.92 Å². The quantitative estimate of drug-likeness (QED) is 0.230. The lowest BCUT2D eigenvalue weighted by atomic mass is 9.99. The van der Waals surface area contributed by atoms with E-state index >= 15 is 0 Å². The third-order valence-electron chi connectivity index (χ3n) is 5.74. The van der Waals surface area contributed by atoms with Crippen LogP contribution in [0.1, 0.15) is 42.0 Å². The molecule has 0 heterocycles. The molecule has 0 N–H and O–H groups in total. The van der Waals surface area contributed by atoms with Crippen molar-refractivity contribution in [3.8, 4) is 23.0 Å². The number of benzene rings is 3. The highest BCUT2D eigenvalue weighted by Crippen LogP contribution is 2.33. The maximum absolute atomic E-state index is 14.7. The van der Waals surface area contributed by atoms with Gasteiger partial charge in [-0.25, -0.2) is 13.2 Å². The summed E-state index contributed by atoms with van der Waals surface area (Å²) in [5, 5.41) is 1.93. The van der Waals surface area contributed by atoms with E-state index in [0.717, 1.165) is 36.1 Å². The van der Waals surface area contributed by atoms with Crippen LogP contribution in [0.2, 0.25) is 0 Å². The van der Waals surface area contributed by atoms with Crippen LogP contribution in [0.3, 0.4) is 0 Å². The van der Waals surface area contributed by atoms with Crippen LogP contribution in [0.5, 0.6) is 0 Å². The van der Waals surface area contributed by atoms with Crippen molar-refractivity contribution in [3.63, 3.8) is 0 Å². The monoisotopic (exact) mass is 447 g/mol. The van der Waals surface area contributed by atoms with Gasteiger partial charge in [0.05, 0.1) is 10.7 Å². The predicted molar refractivity (Wildman–Crippen MR) is 125 cm³/mol. The highest BCUT2D eigenvalue weighted by molar-refractivity contribution is 7.78. The number of hydrogen-bond acceptors (Lipinski definition) is 2. The summed E-state index contributed by atoms with van der Waals surface area (Å²) in [5.74, 6) is 3.66. The smallest absolute Gasteiger partial charge is 0.153 e. The van der Waals surface area contributed by atoms with E-state index in [9.17, 15) is 13.2 Å². The molecule has 5 heteroatoms. The number of fused-ring (bicyclic) bond motifs is 1. The second-order valence-corrected chi connectivity index (χ2v) is 8.17. The lowest BCUT2D eigenvalue weighted by Gasteiger charge is -2.06. The Morgan fingerprint density at radius 1 is 0.875 bits per heavy atom. The van der Waals surface area contributed by atoms with Crippen molar-refractivity contribution in [1.82, 2.24) is 0 Å². The summed E-state index contributed by atoms with van der Waals surface area (Å²) in [6, 6.07) is 13.2. The first kappa shape index (κ1) is 22.0. The number of thiocarbonyl (C=S) groups is 1. The molecule has 160 valence electrons. The van der Waals surface area contributed by atoms with Crippen molar-refractivity contribution < 1.29 is 13.2 Å². The van der Waals surface area contributed by atoms with Gasteiger partial charge < -0.3 is 0 Å². The summed E-state index contributed by atoms with van der Waals surface area (Å²) in [4.78, 5) is 3.36. The van der Waals surface area contributed by atoms with Gasteiger partial charge in [-0.3, -0.25) is 0 Å². The first-order chi connectivity index (χ1) is 15.5. The molecule has 0 spiro atoms. The van der Waals surface area contributed by atoms with E-state index < -0.39 is 23.1 Å². The van der Waals surface area contributed by atoms with E-state index in [1.54, 1.807) is 6.07 Å². The standard InChI is InChI=1S/C27H20F3NS/c1-2-3-17-10-20-8-9-21(14-23(20)11-17)22-7-6-19(24(28)15-22)5-4-18-12-25(29)27(31-16-32)26(30)13-18/h6-9,12-15,17H,2-3,10-11H2,1H3. The van der Waals surface area contributed by atoms with Gasteiger partial charge in [-0.15, -0.1) is 0 Å². The number of rotatable bonds is 4. The number of isothiocyanates is 1. The molecule has 0 aromatic heterocycles. The summed E-state index contributed by atoms with van der Waals surface area (Å²) in [7, 11) is 0. The van der Waals surface area contributed by atoms with E-state index in [1.165, 1.54) is 30.0 Å². The molecule has 1 aliphatic carbocycles. The van der Waals surface area contributed by atoms with E-state index in [1.807, 2.05) is 17.3 Å². The van der Waals surface area contributed by atoms with Crippen LogP contribution in [0.15, 0.2) is 53.5 Å². The first-order valence-electron chi connectivity index (χ1n) is 10.5. The molecule has 0 radical (unpaired) electrons. The number of nitrogens with zero attached hydrogens (tertiary/aromatic N) is 1. The first-order valence-corrected chi connectivity index (χ1v) is 10.9. The summed E-state index contributed by atoms with van der Waals surface area (Å²) in [6.07, 6.45) is 4.60. The van der Waals surface area contributed by atoms with Crippen LogP contribution in [0.25, 0.3) is 11.1 Å². The van der Waals surface area contributed by atoms with Gasteiger partial charge in [0.15, 0.2) is 11.6 Å². The molecule has 1 unspecified atom stereocenters. The lowest BCUT2D eigenvalue weighted by molar-refractivity contribution is 0.507. The Balaban J connectivity index is 1.57. The minimum Gasteiger partial charge on any atom is -0.206 e. The molecule has 0 aliphatic heterocycles. The molecule has 0 amide bonds. The molecule has 1 atom stereocenters. The fraction of sp³-hybridized carbons (Fsp3) is 0.222. The molecular weight excluding hydrogens is 427 g/mol. The minimum atomic E-state index is -0.903. The van der Waals surface area contributed by atoms with Crippen molar-refractivity contribution in [2.45, 2.75) is 32.6 Å². The van der Waals surface area contributed by atoms with Crippen LogP contribution < -0.4 is 0 Å². The highest BCUT2D eigenvalue weighted by Gasteiger charge is 2.21. The van der Waals surface area contributed by atoms with Crippen molar-refractivity contribution in [2.24, 2.45) is 10.9 Å². The third kappa shape index (κ3) is 4.67. The summed E-state index contributed by atoms with van der Waals surface area (Å²) in [5.41, 5.74) is 4.18. The van der Waals surface area contributed by atoms with E-state index in [-0.39, 0.29) is 11.1 Å². The zero-order chi connectivity index (χ0) is 22.7. The minimum absolute atomic E-state index is 0.0760. The molecule has 0 saturated carbocycles. The average molecular weight is 448 g/mol. The molecule has 3 aromatic carbocycles. The largest absolute Gasteiger partial charge is 0.206 e. The molecule has 0 saturated heterocycles. The zero-order valence-corrected chi connectivity index (χ0v) is 18.3. The number of halogens is 3. The van der Waals surface area contributed by atoms with Crippen LogP contribution >= 0.6 is 12.2 Å². The summed E-state index contributed by atoms with van der Waals surface area (Å²) < 4.78 is 42.6. The topological polar surface area (TPSA) is 12.4 Å². The van der Waals surface area contributed by atoms with Gasteiger partial charge in [0.2, 0.25) is 0 Å². The maximum Gasteiger partial charge on any atom is 0.153 e. The fourth-order valence-corrected chi connectivity index (χ4v) is 4.32. The van der Waals surface area contributed by atoms with Crippen molar-refractivity contribution in [2.75, 3.05) is 0 Å².